The maximum absolute atomic E-state index is 4.09. The first-order chi connectivity index (χ1) is 8.25. The Hall–Kier alpha value is -0.430. The van der Waals surface area contributed by atoms with E-state index < -0.39 is 0 Å². The largest absolute Gasteiger partial charge is 0.309 e. The normalized spacial score (nSPS) is 12.8. The lowest BCUT2D eigenvalue weighted by atomic mass is 10.3. The molecule has 0 aliphatic carbocycles. The molecule has 0 aliphatic heterocycles. The van der Waals surface area contributed by atoms with Gasteiger partial charge < -0.3 is 5.32 Å². The first kappa shape index (κ1) is 13.0. The Morgan fingerprint density at radius 2 is 2.35 bits per heavy atom. The van der Waals surface area contributed by atoms with E-state index in [1.165, 1.54) is 4.88 Å². The fourth-order valence-electron chi connectivity index (χ4n) is 1.39. The van der Waals surface area contributed by atoms with Crippen molar-refractivity contribution in [2.75, 3.05) is 12.3 Å². The van der Waals surface area contributed by atoms with Crippen LogP contribution in [0, 0.1) is 6.92 Å². The van der Waals surface area contributed by atoms with Gasteiger partial charge in [-0.15, -0.1) is 21.5 Å². The minimum Gasteiger partial charge on any atom is -0.309 e. The summed E-state index contributed by atoms with van der Waals surface area (Å²) in [6.07, 6.45) is 0. The van der Waals surface area contributed by atoms with Crippen molar-refractivity contribution in [1.82, 2.24) is 15.5 Å². The number of nitrogens with one attached hydrogen (secondary N) is 1. The van der Waals surface area contributed by atoms with Gasteiger partial charge in [-0.3, -0.25) is 0 Å². The molecule has 0 aliphatic rings. The van der Waals surface area contributed by atoms with E-state index in [1.807, 2.05) is 6.92 Å². The molecule has 0 bridgehead atoms. The van der Waals surface area contributed by atoms with E-state index in [-0.39, 0.29) is 0 Å². The van der Waals surface area contributed by atoms with Crippen molar-refractivity contribution in [1.29, 1.82) is 0 Å². The molecule has 0 aromatic carbocycles. The zero-order chi connectivity index (χ0) is 12.1. The van der Waals surface area contributed by atoms with E-state index in [1.54, 1.807) is 34.4 Å². The number of thiophene rings is 1. The maximum Gasteiger partial charge on any atom is 0.174 e. The number of hydrogen-bond acceptors (Lipinski definition) is 6. The number of aryl methyl sites for hydroxylation is 1. The maximum atomic E-state index is 4.09. The molecule has 0 radical (unpaired) electrons. The molecule has 0 fully saturated rings. The van der Waals surface area contributed by atoms with Gasteiger partial charge in [-0.05, 0) is 25.3 Å². The highest BCUT2D eigenvalue weighted by Gasteiger charge is 2.05. The number of nitrogens with zero attached hydrogens (tertiary/aromatic N) is 2. The van der Waals surface area contributed by atoms with Gasteiger partial charge in [-0.1, -0.05) is 29.2 Å². The highest BCUT2D eigenvalue weighted by Crippen LogP contribution is 2.22. The Bertz CT molecular complexity index is 439. The van der Waals surface area contributed by atoms with E-state index in [2.05, 4.69) is 40.0 Å². The number of aromatic nitrogens is 2. The van der Waals surface area contributed by atoms with Crippen molar-refractivity contribution in [2.24, 2.45) is 0 Å². The Labute approximate surface area is 114 Å². The summed E-state index contributed by atoms with van der Waals surface area (Å²) in [5.41, 5.74) is 0. The average molecular weight is 285 g/mol. The van der Waals surface area contributed by atoms with E-state index in [9.17, 15) is 0 Å². The second-order valence-electron chi connectivity index (χ2n) is 3.63. The molecule has 2 aromatic heterocycles. The van der Waals surface area contributed by atoms with Gasteiger partial charge >= 0.3 is 0 Å². The summed E-state index contributed by atoms with van der Waals surface area (Å²) in [5.74, 6) is 1.03. The molecule has 0 saturated heterocycles. The van der Waals surface area contributed by atoms with Gasteiger partial charge in [0, 0.05) is 23.2 Å². The fraction of sp³-hybridized carbons (Fsp3) is 0.455. The minimum absolute atomic E-state index is 0.437. The van der Waals surface area contributed by atoms with Crippen LogP contribution in [0.15, 0.2) is 21.9 Å². The topological polar surface area (TPSA) is 37.8 Å². The molecule has 1 unspecified atom stereocenters. The van der Waals surface area contributed by atoms with Gasteiger partial charge in [0.1, 0.15) is 5.01 Å². The van der Waals surface area contributed by atoms with E-state index in [4.69, 9.17) is 0 Å². The first-order valence-corrected chi connectivity index (χ1v) is 8.13. The number of hydrogen-bond donors (Lipinski definition) is 1. The van der Waals surface area contributed by atoms with Crippen LogP contribution in [0.25, 0.3) is 0 Å². The lowest BCUT2D eigenvalue weighted by Gasteiger charge is -2.10. The molecule has 3 nitrogen and oxygen atoms in total. The Kier molecular flexibility index (Phi) is 4.97. The van der Waals surface area contributed by atoms with Crippen LogP contribution in [-0.4, -0.2) is 22.5 Å². The molecule has 0 saturated carbocycles. The van der Waals surface area contributed by atoms with Crippen molar-refractivity contribution >= 4 is 34.4 Å². The van der Waals surface area contributed by atoms with Gasteiger partial charge in [-0.25, -0.2) is 0 Å². The zero-order valence-electron chi connectivity index (χ0n) is 9.84. The molecule has 92 valence electrons. The first-order valence-electron chi connectivity index (χ1n) is 5.45. The van der Waals surface area contributed by atoms with Crippen LogP contribution in [-0.2, 0) is 0 Å². The Morgan fingerprint density at radius 1 is 1.47 bits per heavy atom. The smallest absolute Gasteiger partial charge is 0.174 e. The van der Waals surface area contributed by atoms with Gasteiger partial charge in [0.05, 0.1) is 0 Å². The summed E-state index contributed by atoms with van der Waals surface area (Å²) in [6, 6.07) is 4.70. The van der Waals surface area contributed by atoms with Crippen molar-refractivity contribution < 1.29 is 0 Å². The van der Waals surface area contributed by atoms with Gasteiger partial charge in [0.25, 0.3) is 0 Å². The van der Waals surface area contributed by atoms with Gasteiger partial charge in [-0.2, -0.15) is 0 Å². The van der Waals surface area contributed by atoms with Gasteiger partial charge in [0.2, 0.25) is 0 Å². The molecule has 0 amide bonds. The lowest BCUT2D eigenvalue weighted by molar-refractivity contribution is 0.610. The minimum atomic E-state index is 0.437. The van der Waals surface area contributed by atoms with Crippen LogP contribution >= 0.6 is 34.4 Å². The SMILES string of the molecule is Cc1nnc(SCCNC(C)c2cccs2)s1. The molecule has 2 rings (SSSR count). The molecule has 2 heterocycles. The Morgan fingerprint density at radius 3 is 3.00 bits per heavy atom. The Balaban J connectivity index is 1.66. The van der Waals surface area contributed by atoms with Crippen LogP contribution in [0.2, 0.25) is 0 Å². The summed E-state index contributed by atoms with van der Waals surface area (Å²) in [6.45, 7) is 5.17. The summed E-state index contributed by atoms with van der Waals surface area (Å²) in [5, 5.41) is 14.7. The van der Waals surface area contributed by atoms with E-state index in [0.717, 1.165) is 21.6 Å². The third-order valence-electron chi connectivity index (χ3n) is 2.26. The van der Waals surface area contributed by atoms with Crippen molar-refractivity contribution in [2.45, 2.75) is 24.2 Å². The van der Waals surface area contributed by atoms with Crippen LogP contribution in [0.5, 0.6) is 0 Å². The van der Waals surface area contributed by atoms with Crippen LogP contribution in [0.1, 0.15) is 22.9 Å². The summed E-state index contributed by atoms with van der Waals surface area (Å²) in [7, 11) is 0. The molecule has 17 heavy (non-hydrogen) atoms. The van der Waals surface area contributed by atoms with Crippen LogP contribution < -0.4 is 5.32 Å². The predicted molar refractivity (Wildman–Crippen MR) is 76.1 cm³/mol. The van der Waals surface area contributed by atoms with Crippen molar-refractivity contribution in [3.05, 3.63) is 27.4 Å². The predicted octanol–water partition coefficient (Wildman–Crippen LogP) is 3.35. The van der Waals surface area contributed by atoms with Crippen LogP contribution in [0.3, 0.4) is 0 Å². The molecule has 6 heteroatoms. The highest BCUT2D eigenvalue weighted by atomic mass is 32.2. The highest BCUT2D eigenvalue weighted by molar-refractivity contribution is 8.01. The standard InChI is InChI=1S/C11H15N3S3/c1-8(10-4-3-6-15-10)12-5-7-16-11-14-13-9(2)17-11/h3-4,6,8,12H,5,7H2,1-2H3. The molecule has 0 spiro atoms. The average Bonchev–Trinajstić information content (AvgIpc) is 2.95. The van der Waals surface area contributed by atoms with Crippen molar-refractivity contribution in [3.8, 4) is 0 Å². The van der Waals surface area contributed by atoms with Crippen molar-refractivity contribution in [3.63, 3.8) is 0 Å². The fourth-order valence-corrected chi connectivity index (χ4v) is 3.90. The zero-order valence-corrected chi connectivity index (χ0v) is 12.3. The monoisotopic (exact) mass is 285 g/mol. The molecule has 1 atom stereocenters. The third kappa shape index (κ3) is 4.06. The van der Waals surface area contributed by atoms with Crippen LogP contribution in [0.4, 0.5) is 0 Å². The molecule has 1 N–H and O–H groups in total. The summed E-state index contributed by atoms with van der Waals surface area (Å²) < 4.78 is 1.06. The van der Waals surface area contributed by atoms with E-state index in [0.29, 0.717) is 6.04 Å². The number of rotatable bonds is 6. The van der Waals surface area contributed by atoms with E-state index >= 15 is 0 Å². The summed E-state index contributed by atoms with van der Waals surface area (Å²) >= 11 is 5.22. The molecule has 2 aromatic rings. The second-order valence-corrected chi connectivity index (χ2v) is 7.13. The quantitative estimate of drug-likeness (QED) is 0.652. The summed E-state index contributed by atoms with van der Waals surface area (Å²) in [4.78, 5) is 1.39. The number of thioether (sulfide) groups is 1. The second kappa shape index (κ2) is 6.49. The van der Waals surface area contributed by atoms with Gasteiger partial charge in [0.15, 0.2) is 4.34 Å². The lowest BCUT2D eigenvalue weighted by Crippen LogP contribution is -2.20. The molecular weight excluding hydrogens is 270 g/mol. The third-order valence-corrected chi connectivity index (χ3v) is 5.28. The molecular formula is C11H15N3S3.